The van der Waals surface area contributed by atoms with Crippen molar-refractivity contribution in [3.8, 4) is 5.75 Å². The van der Waals surface area contributed by atoms with Gasteiger partial charge in [0.2, 0.25) is 5.91 Å². The molecule has 5 nitrogen and oxygen atoms in total. The van der Waals surface area contributed by atoms with Crippen molar-refractivity contribution in [2.45, 2.75) is 109 Å². The molecule has 5 heteroatoms. The summed E-state index contributed by atoms with van der Waals surface area (Å²) in [5, 5.41) is 0. The van der Waals surface area contributed by atoms with Gasteiger partial charge < -0.3 is 14.2 Å². The number of fused-ring (bicyclic) bond motifs is 1. The molecule has 182 valence electrons. The number of imidazole rings is 1. The van der Waals surface area contributed by atoms with Gasteiger partial charge in [-0.05, 0) is 63.5 Å². The molecule has 0 bridgehead atoms. The summed E-state index contributed by atoms with van der Waals surface area (Å²) >= 11 is 0. The van der Waals surface area contributed by atoms with Gasteiger partial charge in [-0.15, -0.1) is 0 Å². The normalized spacial score (nSPS) is 21.9. The van der Waals surface area contributed by atoms with E-state index in [0.717, 1.165) is 35.8 Å². The van der Waals surface area contributed by atoms with Crippen LogP contribution >= 0.6 is 0 Å². The Morgan fingerprint density at radius 2 is 1.85 bits per heavy atom. The Labute approximate surface area is 199 Å². The highest BCUT2D eigenvalue weighted by Crippen LogP contribution is 2.38. The van der Waals surface area contributed by atoms with Crippen molar-refractivity contribution in [1.29, 1.82) is 0 Å². The zero-order valence-corrected chi connectivity index (χ0v) is 21.0. The molecular formula is C28H43N3O2. The predicted octanol–water partition coefficient (Wildman–Crippen LogP) is 6.69. The summed E-state index contributed by atoms with van der Waals surface area (Å²) in [6.45, 7) is 5.96. The van der Waals surface area contributed by atoms with Crippen molar-refractivity contribution in [3.63, 3.8) is 0 Å². The van der Waals surface area contributed by atoms with E-state index in [1.807, 2.05) is 12.1 Å². The fourth-order valence-corrected chi connectivity index (χ4v) is 6.30. The van der Waals surface area contributed by atoms with Crippen LogP contribution in [0.2, 0.25) is 0 Å². The summed E-state index contributed by atoms with van der Waals surface area (Å²) in [6.07, 6.45) is 14.4. The lowest BCUT2D eigenvalue weighted by atomic mass is 9.79. The molecule has 0 aliphatic heterocycles. The second kappa shape index (κ2) is 11.4. The average molecular weight is 454 g/mol. The van der Waals surface area contributed by atoms with Gasteiger partial charge in [0.25, 0.3) is 0 Å². The number of hydrogen-bond donors (Lipinski definition) is 0. The summed E-state index contributed by atoms with van der Waals surface area (Å²) in [5.41, 5.74) is 2.13. The van der Waals surface area contributed by atoms with Crippen LogP contribution in [0.25, 0.3) is 11.0 Å². The van der Waals surface area contributed by atoms with Crippen LogP contribution in [0.4, 0.5) is 0 Å². The molecule has 0 radical (unpaired) electrons. The number of ether oxygens (including phenoxy) is 1. The molecule has 2 aromatic rings. The van der Waals surface area contributed by atoms with Crippen LogP contribution in [0.5, 0.6) is 5.75 Å². The van der Waals surface area contributed by atoms with Crippen LogP contribution in [-0.2, 0) is 11.3 Å². The zero-order chi connectivity index (χ0) is 23.2. The largest absolute Gasteiger partial charge is 0.497 e. The number of aryl methyl sites for hydroxylation is 1. The molecule has 1 aromatic heterocycles. The van der Waals surface area contributed by atoms with Crippen LogP contribution in [0.3, 0.4) is 0 Å². The standard InChI is InChI=1S/C28H43N3O2/c1-4-9-21-12-14-22(15-13-21)28-29-25-20-24(33-3)16-17-26(25)31(28)19-18-27(32)30(5-2)23-10-7-6-8-11-23/h16-17,20-23H,4-15,18-19H2,1-3H3. The number of benzene rings is 1. The first kappa shape index (κ1) is 24.1. The summed E-state index contributed by atoms with van der Waals surface area (Å²) in [7, 11) is 1.71. The third kappa shape index (κ3) is 5.55. The van der Waals surface area contributed by atoms with E-state index in [1.54, 1.807) is 7.11 Å². The maximum Gasteiger partial charge on any atom is 0.224 e. The molecule has 0 atom stereocenters. The Morgan fingerprint density at radius 1 is 1.09 bits per heavy atom. The zero-order valence-electron chi connectivity index (χ0n) is 21.0. The second-order valence-corrected chi connectivity index (χ2v) is 10.2. The SMILES string of the molecule is CCCC1CCC(c2nc3cc(OC)ccc3n2CCC(=O)N(CC)C2CCCCC2)CC1. The van der Waals surface area contributed by atoms with E-state index >= 15 is 0 Å². The predicted molar refractivity (Wildman–Crippen MR) is 135 cm³/mol. The minimum Gasteiger partial charge on any atom is -0.497 e. The van der Waals surface area contributed by atoms with E-state index in [0.29, 0.717) is 24.3 Å². The molecule has 0 spiro atoms. The van der Waals surface area contributed by atoms with Gasteiger partial charge in [-0.1, -0.05) is 39.0 Å². The number of hydrogen-bond acceptors (Lipinski definition) is 3. The lowest BCUT2D eigenvalue weighted by molar-refractivity contribution is -0.134. The average Bonchev–Trinajstić information content (AvgIpc) is 3.22. The van der Waals surface area contributed by atoms with Crippen LogP contribution in [0.15, 0.2) is 18.2 Å². The van der Waals surface area contributed by atoms with Gasteiger partial charge in [0, 0.05) is 37.5 Å². The number of nitrogens with zero attached hydrogens (tertiary/aromatic N) is 3. The highest BCUT2D eigenvalue weighted by Gasteiger charge is 2.28. The molecule has 33 heavy (non-hydrogen) atoms. The number of rotatable bonds is 9. The first-order valence-corrected chi connectivity index (χ1v) is 13.5. The number of carbonyl (C=O) groups is 1. The topological polar surface area (TPSA) is 47.4 Å². The van der Waals surface area contributed by atoms with Gasteiger partial charge in [0.15, 0.2) is 0 Å². The van der Waals surface area contributed by atoms with Crippen LogP contribution < -0.4 is 4.74 Å². The summed E-state index contributed by atoms with van der Waals surface area (Å²) in [6, 6.07) is 6.62. The van der Waals surface area contributed by atoms with Gasteiger partial charge in [-0.25, -0.2) is 4.98 Å². The van der Waals surface area contributed by atoms with E-state index in [9.17, 15) is 4.79 Å². The van der Waals surface area contributed by atoms with Crippen LogP contribution in [0.1, 0.15) is 103 Å². The lowest BCUT2D eigenvalue weighted by Crippen LogP contribution is -2.41. The first-order valence-electron chi connectivity index (χ1n) is 13.5. The Balaban J connectivity index is 1.53. The monoisotopic (exact) mass is 453 g/mol. The Hall–Kier alpha value is -2.04. The van der Waals surface area contributed by atoms with Crippen molar-refractivity contribution < 1.29 is 9.53 Å². The van der Waals surface area contributed by atoms with E-state index in [-0.39, 0.29) is 0 Å². The molecule has 2 aliphatic rings. The number of carbonyl (C=O) groups excluding carboxylic acids is 1. The Bertz CT molecular complexity index is 907. The fraction of sp³-hybridized carbons (Fsp3) is 0.714. The van der Waals surface area contributed by atoms with E-state index in [2.05, 4.69) is 29.4 Å². The quantitative estimate of drug-likeness (QED) is 0.425. The fourth-order valence-electron chi connectivity index (χ4n) is 6.30. The molecule has 0 N–H and O–H groups in total. The third-order valence-corrected chi connectivity index (χ3v) is 8.12. The number of amides is 1. The van der Waals surface area contributed by atoms with Crippen molar-refractivity contribution in [1.82, 2.24) is 14.5 Å². The van der Waals surface area contributed by atoms with Crippen molar-refractivity contribution >= 4 is 16.9 Å². The summed E-state index contributed by atoms with van der Waals surface area (Å²) in [5.74, 6) is 3.70. The summed E-state index contributed by atoms with van der Waals surface area (Å²) in [4.78, 5) is 20.5. The number of aromatic nitrogens is 2. The van der Waals surface area contributed by atoms with Gasteiger partial charge in [-0.3, -0.25) is 4.79 Å². The molecular weight excluding hydrogens is 410 g/mol. The van der Waals surface area contributed by atoms with E-state index in [1.165, 1.54) is 76.5 Å². The molecule has 1 amide bonds. The maximum absolute atomic E-state index is 13.3. The van der Waals surface area contributed by atoms with Crippen LogP contribution in [-0.4, -0.2) is 40.1 Å². The highest BCUT2D eigenvalue weighted by molar-refractivity contribution is 5.79. The summed E-state index contributed by atoms with van der Waals surface area (Å²) < 4.78 is 7.81. The highest BCUT2D eigenvalue weighted by atomic mass is 16.5. The van der Waals surface area contributed by atoms with Crippen LogP contribution in [0, 0.1) is 5.92 Å². The first-order chi connectivity index (χ1) is 16.1. The van der Waals surface area contributed by atoms with E-state index in [4.69, 9.17) is 9.72 Å². The second-order valence-electron chi connectivity index (χ2n) is 10.2. The minimum atomic E-state index is 0.303. The molecule has 2 saturated carbocycles. The molecule has 0 unspecified atom stereocenters. The molecule has 0 saturated heterocycles. The smallest absolute Gasteiger partial charge is 0.224 e. The van der Waals surface area contributed by atoms with Crippen molar-refractivity contribution in [2.75, 3.05) is 13.7 Å². The molecule has 2 aliphatic carbocycles. The van der Waals surface area contributed by atoms with Crippen molar-refractivity contribution in [2.24, 2.45) is 5.92 Å². The van der Waals surface area contributed by atoms with E-state index < -0.39 is 0 Å². The number of methoxy groups -OCH3 is 1. The molecule has 4 rings (SSSR count). The third-order valence-electron chi connectivity index (χ3n) is 8.12. The van der Waals surface area contributed by atoms with Gasteiger partial charge in [-0.2, -0.15) is 0 Å². The minimum absolute atomic E-state index is 0.303. The lowest BCUT2D eigenvalue weighted by Gasteiger charge is -2.34. The Kier molecular flexibility index (Phi) is 8.32. The Morgan fingerprint density at radius 3 is 2.52 bits per heavy atom. The van der Waals surface area contributed by atoms with Gasteiger partial charge >= 0.3 is 0 Å². The van der Waals surface area contributed by atoms with Gasteiger partial charge in [0.05, 0.1) is 18.1 Å². The molecule has 1 heterocycles. The van der Waals surface area contributed by atoms with Gasteiger partial charge in [0.1, 0.15) is 11.6 Å². The van der Waals surface area contributed by atoms with Crippen molar-refractivity contribution in [3.05, 3.63) is 24.0 Å². The maximum atomic E-state index is 13.3. The molecule has 2 fully saturated rings. The molecule has 1 aromatic carbocycles.